The van der Waals surface area contributed by atoms with Gasteiger partial charge < -0.3 is 4.90 Å². The first kappa shape index (κ1) is 14.7. The summed E-state index contributed by atoms with van der Waals surface area (Å²) in [7, 11) is 0. The Morgan fingerprint density at radius 1 is 1.33 bits per heavy atom. The van der Waals surface area contributed by atoms with Crippen molar-refractivity contribution in [2.75, 3.05) is 17.2 Å². The van der Waals surface area contributed by atoms with Crippen molar-refractivity contribution in [1.82, 2.24) is 0 Å². The van der Waals surface area contributed by atoms with E-state index in [4.69, 9.17) is 0 Å². The van der Waals surface area contributed by atoms with Crippen LogP contribution in [0.25, 0.3) is 0 Å². The molecule has 110 valence electrons. The molecule has 0 saturated heterocycles. The number of thiophene rings is 1. The molecule has 0 atom stereocenters. The number of hydrogen-bond donors (Lipinski definition) is 0. The average Bonchev–Trinajstić information content (AvgIpc) is 2.75. The molecule has 0 unspecified atom stereocenters. The molecule has 0 aliphatic carbocycles. The molecule has 1 aliphatic rings. The van der Waals surface area contributed by atoms with Crippen LogP contribution in [0.5, 0.6) is 0 Å². The maximum absolute atomic E-state index is 12.9. The van der Waals surface area contributed by atoms with Gasteiger partial charge in [-0.05, 0) is 49.3 Å². The second-order valence-corrected chi connectivity index (χ2v) is 7.47. The molecule has 21 heavy (non-hydrogen) atoms. The first-order chi connectivity index (χ1) is 10.2. The van der Waals surface area contributed by atoms with Crippen LogP contribution in [-0.2, 0) is 6.42 Å². The minimum absolute atomic E-state index is 0.151. The fourth-order valence-electron chi connectivity index (χ4n) is 2.65. The maximum atomic E-state index is 12.9. The van der Waals surface area contributed by atoms with Crippen LogP contribution >= 0.6 is 23.1 Å². The zero-order valence-corrected chi connectivity index (χ0v) is 14.0. The van der Waals surface area contributed by atoms with Crippen molar-refractivity contribution in [1.29, 1.82) is 0 Å². The molecule has 0 N–H and O–H groups in total. The summed E-state index contributed by atoms with van der Waals surface area (Å²) in [5.74, 6) is 1.22. The molecule has 1 aromatic carbocycles. The van der Waals surface area contributed by atoms with Crippen LogP contribution in [0.15, 0.2) is 35.2 Å². The van der Waals surface area contributed by atoms with Gasteiger partial charge in [-0.25, -0.2) is 0 Å². The molecule has 4 heteroatoms. The van der Waals surface area contributed by atoms with Gasteiger partial charge >= 0.3 is 0 Å². The van der Waals surface area contributed by atoms with Crippen LogP contribution < -0.4 is 4.90 Å². The zero-order chi connectivity index (χ0) is 14.8. The van der Waals surface area contributed by atoms with Crippen LogP contribution in [0.1, 0.15) is 33.5 Å². The predicted octanol–water partition coefficient (Wildman–Crippen LogP) is 4.76. The molecule has 2 heterocycles. The molecule has 0 saturated carbocycles. The standard InChI is InChI=1S/C17H19NOS2/c1-3-14-12(2)11-16(21-14)17(19)18-9-6-10-20-15-8-5-4-7-13(15)18/h4-5,7-8,11H,3,6,9-10H2,1-2H3. The lowest BCUT2D eigenvalue weighted by Gasteiger charge is -2.21. The number of thioether (sulfide) groups is 1. The number of hydrogen-bond acceptors (Lipinski definition) is 3. The van der Waals surface area contributed by atoms with E-state index in [9.17, 15) is 4.79 Å². The van der Waals surface area contributed by atoms with Crippen LogP contribution in [0.2, 0.25) is 0 Å². The lowest BCUT2D eigenvalue weighted by molar-refractivity contribution is 0.0990. The van der Waals surface area contributed by atoms with Gasteiger partial charge in [-0.3, -0.25) is 4.79 Å². The number of rotatable bonds is 2. The van der Waals surface area contributed by atoms with Gasteiger partial charge in [0.2, 0.25) is 0 Å². The summed E-state index contributed by atoms with van der Waals surface area (Å²) in [6.07, 6.45) is 2.03. The van der Waals surface area contributed by atoms with Gasteiger partial charge in [0, 0.05) is 16.3 Å². The molecule has 1 aliphatic heterocycles. The summed E-state index contributed by atoms with van der Waals surface area (Å²) in [6.45, 7) is 5.05. The number of benzene rings is 1. The summed E-state index contributed by atoms with van der Waals surface area (Å²) in [4.78, 5) is 18.3. The third kappa shape index (κ3) is 2.87. The Hall–Kier alpha value is -1.26. The van der Waals surface area contributed by atoms with Gasteiger partial charge in [0.1, 0.15) is 0 Å². The van der Waals surface area contributed by atoms with E-state index >= 15 is 0 Å². The average molecular weight is 317 g/mol. The van der Waals surface area contributed by atoms with Crippen LogP contribution in [-0.4, -0.2) is 18.2 Å². The Labute approximate surface area is 134 Å². The second-order valence-electron chi connectivity index (χ2n) is 5.20. The third-order valence-electron chi connectivity index (χ3n) is 3.74. The molecule has 2 nitrogen and oxygen atoms in total. The lowest BCUT2D eigenvalue weighted by atomic mass is 10.2. The number of carbonyl (C=O) groups is 1. The van der Waals surface area contributed by atoms with Gasteiger partial charge in [-0.1, -0.05) is 19.1 Å². The summed E-state index contributed by atoms with van der Waals surface area (Å²) >= 11 is 3.49. The number of anilines is 1. The lowest BCUT2D eigenvalue weighted by Crippen LogP contribution is -2.31. The highest BCUT2D eigenvalue weighted by molar-refractivity contribution is 7.99. The predicted molar refractivity (Wildman–Crippen MR) is 91.9 cm³/mol. The first-order valence-corrected chi connectivity index (χ1v) is 9.14. The van der Waals surface area contributed by atoms with Gasteiger partial charge in [0.15, 0.2) is 0 Å². The van der Waals surface area contributed by atoms with E-state index in [0.29, 0.717) is 0 Å². The zero-order valence-electron chi connectivity index (χ0n) is 12.4. The molecule has 1 amide bonds. The van der Waals surface area contributed by atoms with Crippen molar-refractivity contribution in [3.05, 3.63) is 45.6 Å². The van der Waals surface area contributed by atoms with Crippen molar-refractivity contribution in [3.63, 3.8) is 0 Å². The van der Waals surface area contributed by atoms with E-state index in [0.717, 1.165) is 35.7 Å². The smallest absolute Gasteiger partial charge is 0.268 e. The van der Waals surface area contributed by atoms with E-state index < -0.39 is 0 Å². The van der Waals surface area contributed by atoms with Gasteiger partial charge in [0.05, 0.1) is 10.6 Å². The van der Waals surface area contributed by atoms with Crippen LogP contribution in [0.4, 0.5) is 5.69 Å². The number of amides is 1. The minimum Gasteiger partial charge on any atom is -0.307 e. The Morgan fingerprint density at radius 2 is 2.14 bits per heavy atom. The number of carbonyl (C=O) groups excluding carboxylic acids is 1. The van der Waals surface area contributed by atoms with Gasteiger partial charge in [-0.15, -0.1) is 23.1 Å². The Kier molecular flexibility index (Phi) is 4.36. The Balaban J connectivity index is 1.97. The topological polar surface area (TPSA) is 20.3 Å². The number of fused-ring (bicyclic) bond motifs is 1. The summed E-state index contributed by atoms with van der Waals surface area (Å²) in [5, 5.41) is 0. The Morgan fingerprint density at radius 3 is 2.90 bits per heavy atom. The quantitative estimate of drug-likeness (QED) is 0.796. The van der Waals surface area contributed by atoms with Crippen molar-refractivity contribution in [2.45, 2.75) is 31.6 Å². The number of para-hydroxylation sites is 1. The van der Waals surface area contributed by atoms with Crippen molar-refractivity contribution in [2.24, 2.45) is 0 Å². The SMILES string of the molecule is CCc1sc(C(=O)N2CCCSc3ccccc32)cc1C. The molecular weight excluding hydrogens is 298 g/mol. The van der Waals surface area contributed by atoms with Crippen molar-refractivity contribution >= 4 is 34.7 Å². The highest BCUT2D eigenvalue weighted by atomic mass is 32.2. The first-order valence-electron chi connectivity index (χ1n) is 7.33. The monoisotopic (exact) mass is 317 g/mol. The van der Waals surface area contributed by atoms with Crippen molar-refractivity contribution in [3.8, 4) is 0 Å². The fourth-order valence-corrected chi connectivity index (χ4v) is 4.70. The minimum atomic E-state index is 0.151. The fraction of sp³-hybridized carbons (Fsp3) is 0.353. The molecule has 2 aromatic rings. The summed E-state index contributed by atoms with van der Waals surface area (Å²) < 4.78 is 0. The summed E-state index contributed by atoms with van der Waals surface area (Å²) in [5.41, 5.74) is 2.30. The van der Waals surface area contributed by atoms with E-state index in [-0.39, 0.29) is 5.91 Å². The van der Waals surface area contributed by atoms with Crippen LogP contribution in [0.3, 0.4) is 0 Å². The second kappa shape index (κ2) is 6.24. The van der Waals surface area contributed by atoms with Crippen LogP contribution in [0, 0.1) is 6.92 Å². The maximum Gasteiger partial charge on any atom is 0.268 e. The van der Waals surface area contributed by atoms with E-state index in [1.165, 1.54) is 15.3 Å². The molecule has 0 bridgehead atoms. The van der Waals surface area contributed by atoms with Gasteiger partial charge in [-0.2, -0.15) is 0 Å². The van der Waals surface area contributed by atoms with E-state index in [2.05, 4.69) is 26.0 Å². The van der Waals surface area contributed by atoms with E-state index in [1.807, 2.05) is 34.9 Å². The number of nitrogens with zero attached hydrogens (tertiary/aromatic N) is 1. The largest absolute Gasteiger partial charge is 0.307 e. The van der Waals surface area contributed by atoms with Gasteiger partial charge in [0.25, 0.3) is 5.91 Å². The number of aryl methyl sites for hydroxylation is 2. The molecule has 0 spiro atoms. The highest BCUT2D eigenvalue weighted by Gasteiger charge is 2.24. The highest BCUT2D eigenvalue weighted by Crippen LogP contribution is 2.35. The Bertz CT molecular complexity index is 663. The molecule has 0 fully saturated rings. The molecular formula is C17H19NOS2. The molecule has 3 rings (SSSR count). The third-order valence-corrected chi connectivity index (χ3v) is 6.26. The van der Waals surface area contributed by atoms with Crippen molar-refractivity contribution < 1.29 is 4.79 Å². The molecule has 0 radical (unpaired) electrons. The molecule has 1 aromatic heterocycles. The normalized spacial score (nSPS) is 14.7. The summed E-state index contributed by atoms with van der Waals surface area (Å²) in [6, 6.07) is 10.3. The van der Waals surface area contributed by atoms with E-state index in [1.54, 1.807) is 11.3 Å².